The van der Waals surface area contributed by atoms with Crippen LogP contribution in [-0.2, 0) is 0 Å². The van der Waals surface area contributed by atoms with Crippen LogP contribution in [0.25, 0.3) is 0 Å². The molecule has 0 N–H and O–H groups in total. The second-order valence-electron chi connectivity index (χ2n) is 5.64. The molecule has 96 valence electrons. The quantitative estimate of drug-likeness (QED) is 0.599. The van der Waals surface area contributed by atoms with Crippen molar-refractivity contribution >= 4 is 0 Å². The van der Waals surface area contributed by atoms with Crippen molar-refractivity contribution in [3.8, 4) is 0 Å². The van der Waals surface area contributed by atoms with Crippen LogP contribution in [0, 0.1) is 0 Å². The third-order valence-corrected chi connectivity index (χ3v) is 3.17. The van der Waals surface area contributed by atoms with Crippen LogP contribution in [-0.4, -0.2) is 46.8 Å². The highest BCUT2D eigenvalue weighted by atomic mass is 19.4. The molecule has 0 aliphatic carbocycles. The largest absolute Gasteiger partial charge is 0.460 e. The van der Waals surface area contributed by atoms with Gasteiger partial charge >= 0.3 is 6.30 Å². The number of halogens is 3. The average molecular weight is 238 g/mol. The molecule has 0 radical (unpaired) electrons. The molecule has 5 heteroatoms. The van der Waals surface area contributed by atoms with E-state index in [-0.39, 0.29) is 18.1 Å². The lowest BCUT2D eigenvalue weighted by molar-refractivity contribution is -0.272. The maximum Gasteiger partial charge on any atom is 0.460 e. The molecule has 16 heavy (non-hydrogen) atoms. The molecule has 1 heterocycles. The van der Waals surface area contributed by atoms with Crippen molar-refractivity contribution in [2.75, 3.05) is 13.1 Å². The number of hydrogen-bond donors (Lipinski definition) is 0. The summed E-state index contributed by atoms with van der Waals surface area (Å²) in [6, 6.07) is -0.548. The third-order valence-electron chi connectivity index (χ3n) is 3.17. The van der Waals surface area contributed by atoms with Gasteiger partial charge in [0.2, 0.25) is 0 Å². The van der Waals surface area contributed by atoms with Crippen LogP contribution in [0.2, 0.25) is 0 Å². The minimum absolute atomic E-state index is 0.0575. The molecule has 1 aliphatic rings. The third kappa shape index (κ3) is 2.88. The molecule has 2 nitrogen and oxygen atoms in total. The Morgan fingerprint density at radius 3 is 1.62 bits per heavy atom. The summed E-state index contributed by atoms with van der Waals surface area (Å²) in [6.07, 6.45) is -4.21. The molecule has 0 amide bonds. The van der Waals surface area contributed by atoms with Gasteiger partial charge in [-0.25, -0.2) is 4.90 Å². The van der Waals surface area contributed by atoms with Gasteiger partial charge in [0.15, 0.2) is 0 Å². The molecule has 1 aliphatic heterocycles. The first-order valence-corrected chi connectivity index (χ1v) is 5.63. The van der Waals surface area contributed by atoms with Crippen LogP contribution >= 0.6 is 0 Å². The maximum atomic E-state index is 12.7. The fourth-order valence-electron chi connectivity index (χ4n) is 2.41. The Balaban J connectivity index is 2.79. The van der Waals surface area contributed by atoms with E-state index in [9.17, 15) is 13.2 Å². The number of piperazine rings is 1. The molecule has 2 atom stereocenters. The second kappa shape index (κ2) is 4.18. The number of alkyl halides is 3. The van der Waals surface area contributed by atoms with Gasteiger partial charge in [0.05, 0.1) is 0 Å². The highest BCUT2D eigenvalue weighted by molar-refractivity contribution is 4.91. The first-order chi connectivity index (χ1) is 7.03. The Bertz CT molecular complexity index is 219. The summed E-state index contributed by atoms with van der Waals surface area (Å²) in [5, 5.41) is 0. The molecule has 0 saturated carbocycles. The van der Waals surface area contributed by atoms with E-state index >= 15 is 0 Å². The predicted octanol–water partition coefficient (Wildman–Crippen LogP) is 2.70. The Morgan fingerprint density at radius 1 is 0.875 bits per heavy atom. The van der Waals surface area contributed by atoms with Crippen molar-refractivity contribution in [3.05, 3.63) is 0 Å². The van der Waals surface area contributed by atoms with Gasteiger partial charge in [0, 0.05) is 30.7 Å². The summed E-state index contributed by atoms with van der Waals surface area (Å²) in [5.74, 6) is 0. The van der Waals surface area contributed by atoms with Gasteiger partial charge in [-0.1, -0.05) is 0 Å². The lowest BCUT2D eigenvalue weighted by Crippen LogP contribution is -2.64. The summed E-state index contributed by atoms with van der Waals surface area (Å²) in [4.78, 5) is 2.78. The van der Waals surface area contributed by atoms with Gasteiger partial charge in [0.25, 0.3) is 0 Å². The first kappa shape index (κ1) is 13.8. The van der Waals surface area contributed by atoms with E-state index in [1.807, 2.05) is 27.7 Å². The Kier molecular flexibility index (Phi) is 3.60. The summed E-state index contributed by atoms with van der Waals surface area (Å²) < 4.78 is 38.1. The van der Waals surface area contributed by atoms with Crippen molar-refractivity contribution in [1.29, 1.82) is 0 Å². The van der Waals surface area contributed by atoms with Gasteiger partial charge in [-0.15, -0.1) is 0 Å². The topological polar surface area (TPSA) is 6.48 Å². The van der Waals surface area contributed by atoms with Crippen LogP contribution in [0.3, 0.4) is 0 Å². The molecular weight excluding hydrogens is 217 g/mol. The zero-order chi connectivity index (χ0) is 12.7. The fraction of sp³-hybridized carbons (Fsp3) is 1.00. The lowest BCUT2D eigenvalue weighted by Gasteiger charge is -2.49. The molecule has 2 unspecified atom stereocenters. The SMILES string of the molecule is CC1CN(C(F)(F)F)C(C)CN1C(C)(C)C. The normalized spacial score (nSPS) is 30.8. The van der Waals surface area contributed by atoms with Crippen molar-refractivity contribution < 1.29 is 13.2 Å². The van der Waals surface area contributed by atoms with E-state index in [0.29, 0.717) is 11.4 Å². The van der Waals surface area contributed by atoms with Crippen LogP contribution in [0.4, 0.5) is 13.2 Å². The molecule has 0 bridgehead atoms. The minimum Gasteiger partial charge on any atom is -0.293 e. The first-order valence-electron chi connectivity index (χ1n) is 5.63. The Hall–Kier alpha value is -0.290. The molecular formula is C11H21F3N2. The van der Waals surface area contributed by atoms with Gasteiger partial charge < -0.3 is 0 Å². The average Bonchev–Trinajstić information content (AvgIpc) is 2.04. The van der Waals surface area contributed by atoms with Crippen LogP contribution in [0.15, 0.2) is 0 Å². The van der Waals surface area contributed by atoms with Crippen molar-refractivity contribution in [3.63, 3.8) is 0 Å². The molecule has 0 aromatic carbocycles. The molecule has 0 aromatic rings. The van der Waals surface area contributed by atoms with Gasteiger partial charge in [-0.3, -0.25) is 4.90 Å². The monoisotopic (exact) mass is 238 g/mol. The van der Waals surface area contributed by atoms with Crippen LogP contribution < -0.4 is 0 Å². The summed E-state index contributed by atoms with van der Waals surface area (Å²) in [6.45, 7) is 10.1. The van der Waals surface area contributed by atoms with E-state index in [2.05, 4.69) is 4.90 Å². The van der Waals surface area contributed by atoms with Crippen LogP contribution in [0.1, 0.15) is 34.6 Å². The smallest absolute Gasteiger partial charge is 0.293 e. The fourth-order valence-corrected chi connectivity index (χ4v) is 2.41. The van der Waals surface area contributed by atoms with Crippen molar-refractivity contribution in [2.24, 2.45) is 0 Å². The van der Waals surface area contributed by atoms with E-state index in [0.717, 1.165) is 0 Å². The minimum atomic E-state index is -4.21. The molecule has 0 spiro atoms. The molecule has 1 fully saturated rings. The zero-order valence-electron chi connectivity index (χ0n) is 10.6. The van der Waals surface area contributed by atoms with E-state index in [1.54, 1.807) is 6.92 Å². The van der Waals surface area contributed by atoms with E-state index < -0.39 is 12.3 Å². The second-order valence-corrected chi connectivity index (χ2v) is 5.64. The van der Waals surface area contributed by atoms with Crippen molar-refractivity contribution in [1.82, 2.24) is 9.80 Å². The van der Waals surface area contributed by atoms with Gasteiger partial charge in [0.1, 0.15) is 0 Å². The van der Waals surface area contributed by atoms with Crippen molar-refractivity contribution in [2.45, 2.75) is 58.5 Å². The Morgan fingerprint density at radius 2 is 1.25 bits per heavy atom. The van der Waals surface area contributed by atoms with E-state index in [4.69, 9.17) is 0 Å². The summed E-state index contributed by atoms with van der Waals surface area (Å²) >= 11 is 0. The van der Waals surface area contributed by atoms with E-state index in [1.165, 1.54) is 0 Å². The summed E-state index contributed by atoms with van der Waals surface area (Å²) in [7, 11) is 0. The van der Waals surface area contributed by atoms with Crippen LogP contribution in [0.5, 0.6) is 0 Å². The molecule has 1 saturated heterocycles. The number of nitrogens with zero attached hydrogens (tertiary/aromatic N) is 2. The summed E-state index contributed by atoms with van der Waals surface area (Å²) in [5.41, 5.74) is -0.0780. The highest BCUT2D eigenvalue weighted by Crippen LogP contribution is 2.31. The van der Waals surface area contributed by atoms with Gasteiger partial charge in [-0.05, 0) is 34.6 Å². The zero-order valence-corrected chi connectivity index (χ0v) is 10.6. The number of hydrogen-bond acceptors (Lipinski definition) is 2. The maximum absolute atomic E-state index is 12.7. The molecule has 0 aromatic heterocycles. The Labute approximate surface area is 95.4 Å². The molecule has 1 rings (SSSR count). The standard InChI is InChI=1S/C11H21F3N2/c1-8-7-16(11(12,13)14)9(2)6-15(8)10(3,4)5/h8-9H,6-7H2,1-5H3. The lowest BCUT2D eigenvalue weighted by atomic mass is 9.98. The highest BCUT2D eigenvalue weighted by Gasteiger charge is 2.46. The predicted molar refractivity (Wildman–Crippen MR) is 58.1 cm³/mol. The number of rotatable bonds is 0. The van der Waals surface area contributed by atoms with Gasteiger partial charge in [-0.2, -0.15) is 13.2 Å².